The lowest BCUT2D eigenvalue weighted by Crippen LogP contribution is -2.42. The third kappa shape index (κ3) is 2.35. The van der Waals surface area contributed by atoms with Gasteiger partial charge in [-0.3, -0.25) is 4.68 Å². The van der Waals surface area contributed by atoms with Crippen LogP contribution in [-0.4, -0.2) is 51.5 Å². The smallest absolute Gasteiger partial charge is 0.137 e. The molecule has 0 atom stereocenters. The molecule has 84 valence electrons. The van der Waals surface area contributed by atoms with Gasteiger partial charge in [-0.05, 0) is 33.0 Å². The summed E-state index contributed by atoms with van der Waals surface area (Å²) < 4.78 is 1.82. The van der Waals surface area contributed by atoms with Gasteiger partial charge < -0.3 is 10.0 Å². The third-order valence-electron chi connectivity index (χ3n) is 3.35. The largest absolute Gasteiger partial charge is 0.396 e. The maximum absolute atomic E-state index is 9.55. The molecule has 0 aromatic carbocycles. The van der Waals surface area contributed by atoms with Crippen molar-refractivity contribution >= 4 is 0 Å². The molecule has 1 aromatic rings. The summed E-state index contributed by atoms with van der Waals surface area (Å²) in [5.74, 6) is 0. The van der Waals surface area contributed by atoms with Gasteiger partial charge in [0.15, 0.2) is 0 Å². The van der Waals surface area contributed by atoms with E-state index >= 15 is 0 Å². The van der Waals surface area contributed by atoms with Crippen LogP contribution in [0.1, 0.15) is 12.8 Å². The first-order chi connectivity index (χ1) is 7.24. The number of hydrogen-bond acceptors (Lipinski definition) is 4. The van der Waals surface area contributed by atoms with Crippen molar-refractivity contribution in [3.8, 4) is 0 Å². The maximum Gasteiger partial charge on any atom is 0.137 e. The summed E-state index contributed by atoms with van der Waals surface area (Å²) in [4.78, 5) is 6.23. The number of aromatic nitrogens is 3. The van der Waals surface area contributed by atoms with E-state index < -0.39 is 0 Å². The molecule has 2 rings (SSSR count). The van der Waals surface area contributed by atoms with Crippen LogP contribution < -0.4 is 0 Å². The molecule has 1 saturated heterocycles. The molecule has 0 aliphatic carbocycles. The number of aliphatic hydroxyl groups is 1. The second-order valence-electron chi connectivity index (χ2n) is 4.55. The van der Waals surface area contributed by atoms with Gasteiger partial charge in [0.05, 0.1) is 13.2 Å². The first-order valence-corrected chi connectivity index (χ1v) is 5.36. The highest BCUT2D eigenvalue weighted by Gasteiger charge is 2.33. The lowest BCUT2D eigenvalue weighted by atomic mass is 9.79. The first kappa shape index (κ1) is 10.6. The molecule has 0 amide bonds. The van der Waals surface area contributed by atoms with E-state index in [0.717, 1.165) is 32.5 Å². The Hall–Kier alpha value is -0.940. The maximum atomic E-state index is 9.55. The average molecular weight is 210 g/mol. The van der Waals surface area contributed by atoms with E-state index in [1.165, 1.54) is 0 Å². The fourth-order valence-electron chi connectivity index (χ4n) is 2.12. The molecule has 1 aliphatic heterocycles. The molecule has 2 heterocycles. The monoisotopic (exact) mass is 210 g/mol. The van der Waals surface area contributed by atoms with E-state index in [9.17, 15) is 5.11 Å². The molecule has 1 aliphatic rings. The van der Waals surface area contributed by atoms with E-state index in [1.54, 1.807) is 12.7 Å². The Morgan fingerprint density at radius 2 is 2.13 bits per heavy atom. The molecule has 5 heteroatoms. The Morgan fingerprint density at radius 1 is 1.40 bits per heavy atom. The predicted octanol–water partition coefficient (Wildman–Crippen LogP) is -0.0176. The van der Waals surface area contributed by atoms with Crippen molar-refractivity contribution < 1.29 is 5.11 Å². The summed E-state index contributed by atoms with van der Waals surface area (Å²) in [5, 5.41) is 13.6. The lowest BCUT2D eigenvalue weighted by Gasteiger charge is -2.39. The van der Waals surface area contributed by atoms with Crippen LogP contribution in [0.2, 0.25) is 0 Å². The SMILES string of the molecule is CN1CCC(CO)(Cn2cncn2)CC1. The molecule has 0 radical (unpaired) electrons. The highest BCUT2D eigenvalue weighted by Crippen LogP contribution is 2.31. The Balaban J connectivity index is 2.02. The summed E-state index contributed by atoms with van der Waals surface area (Å²) in [5.41, 5.74) is 0.000208. The van der Waals surface area contributed by atoms with Gasteiger partial charge in [0.25, 0.3) is 0 Å². The highest BCUT2D eigenvalue weighted by atomic mass is 16.3. The number of rotatable bonds is 3. The van der Waals surface area contributed by atoms with Crippen molar-refractivity contribution in [1.29, 1.82) is 0 Å². The topological polar surface area (TPSA) is 54.2 Å². The van der Waals surface area contributed by atoms with Gasteiger partial charge in [-0.1, -0.05) is 0 Å². The Kier molecular flexibility index (Phi) is 3.02. The molecular formula is C10H18N4O. The molecule has 1 aromatic heterocycles. The normalized spacial score (nSPS) is 21.7. The molecule has 0 bridgehead atoms. The Morgan fingerprint density at radius 3 is 2.67 bits per heavy atom. The predicted molar refractivity (Wildman–Crippen MR) is 56.3 cm³/mol. The van der Waals surface area contributed by atoms with Crippen LogP contribution in [0.3, 0.4) is 0 Å². The van der Waals surface area contributed by atoms with Crippen LogP contribution in [-0.2, 0) is 6.54 Å². The summed E-state index contributed by atoms with van der Waals surface area (Å²) in [6, 6.07) is 0. The summed E-state index contributed by atoms with van der Waals surface area (Å²) in [6.07, 6.45) is 5.31. The van der Waals surface area contributed by atoms with Crippen molar-refractivity contribution in [3.63, 3.8) is 0 Å². The molecule has 5 nitrogen and oxygen atoms in total. The summed E-state index contributed by atoms with van der Waals surface area (Å²) in [6.45, 7) is 3.11. The Labute approximate surface area is 89.7 Å². The van der Waals surface area contributed by atoms with Gasteiger partial charge in [-0.25, -0.2) is 4.98 Å². The van der Waals surface area contributed by atoms with Crippen LogP contribution in [0.25, 0.3) is 0 Å². The molecule has 1 N–H and O–H groups in total. The number of likely N-dealkylation sites (tertiary alicyclic amines) is 1. The molecule has 0 spiro atoms. The van der Waals surface area contributed by atoms with Crippen molar-refractivity contribution in [1.82, 2.24) is 19.7 Å². The fourth-order valence-corrected chi connectivity index (χ4v) is 2.12. The number of aliphatic hydroxyl groups excluding tert-OH is 1. The molecule has 15 heavy (non-hydrogen) atoms. The van der Waals surface area contributed by atoms with Gasteiger partial charge in [-0.15, -0.1) is 0 Å². The van der Waals surface area contributed by atoms with Gasteiger partial charge in [-0.2, -0.15) is 5.10 Å². The van der Waals surface area contributed by atoms with Gasteiger partial charge in [0, 0.05) is 5.41 Å². The summed E-state index contributed by atoms with van der Waals surface area (Å²) in [7, 11) is 2.12. The quantitative estimate of drug-likeness (QED) is 0.762. The second kappa shape index (κ2) is 4.28. The highest BCUT2D eigenvalue weighted by molar-refractivity contribution is 4.84. The van der Waals surface area contributed by atoms with E-state index in [1.807, 2.05) is 4.68 Å². The van der Waals surface area contributed by atoms with Crippen molar-refractivity contribution in [2.75, 3.05) is 26.7 Å². The Bertz CT molecular complexity index is 290. The van der Waals surface area contributed by atoms with Gasteiger partial charge in [0.1, 0.15) is 12.7 Å². The van der Waals surface area contributed by atoms with Crippen LogP contribution in [0, 0.1) is 5.41 Å². The number of piperidine rings is 1. The fraction of sp³-hybridized carbons (Fsp3) is 0.800. The van der Waals surface area contributed by atoms with Crippen LogP contribution in [0.4, 0.5) is 0 Å². The van der Waals surface area contributed by atoms with Crippen molar-refractivity contribution in [3.05, 3.63) is 12.7 Å². The molecule has 1 fully saturated rings. The number of hydrogen-bond donors (Lipinski definition) is 1. The second-order valence-corrected chi connectivity index (χ2v) is 4.55. The van der Waals surface area contributed by atoms with Gasteiger partial charge in [0.2, 0.25) is 0 Å². The average Bonchev–Trinajstić information content (AvgIpc) is 2.75. The standard InChI is InChI=1S/C10H18N4O/c1-13-4-2-10(7-15,3-5-13)6-14-9-11-8-12-14/h8-9,15H,2-7H2,1H3. The third-order valence-corrected chi connectivity index (χ3v) is 3.35. The van der Waals surface area contributed by atoms with Crippen LogP contribution in [0.15, 0.2) is 12.7 Å². The van der Waals surface area contributed by atoms with Crippen LogP contribution in [0.5, 0.6) is 0 Å². The summed E-state index contributed by atoms with van der Waals surface area (Å²) >= 11 is 0. The minimum Gasteiger partial charge on any atom is -0.396 e. The first-order valence-electron chi connectivity index (χ1n) is 5.36. The van der Waals surface area contributed by atoms with E-state index in [0.29, 0.717) is 0 Å². The van der Waals surface area contributed by atoms with E-state index in [-0.39, 0.29) is 12.0 Å². The zero-order valence-corrected chi connectivity index (χ0v) is 9.13. The molecule has 0 unspecified atom stereocenters. The van der Waals surface area contributed by atoms with Crippen molar-refractivity contribution in [2.24, 2.45) is 5.41 Å². The van der Waals surface area contributed by atoms with Crippen LogP contribution >= 0.6 is 0 Å². The lowest BCUT2D eigenvalue weighted by molar-refractivity contribution is 0.0353. The van der Waals surface area contributed by atoms with E-state index in [4.69, 9.17) is 0 Å². The van der Waals surface area contributed by atoms with Gasteiger partial charge >= 0.3 is 0 Å². The molecular weight excluding hydrogens is 192 g/mol. The molecule has 0 saturated carbocycles. The number of nitrogens with zero attached hydrogens (tertiary/aromatic N) is 4. The minimum absolute atomic E-state index is 0.000208. The zero-order chi connectivity index (χ0) is 10.7. The minimum atomic E-state index is 0.000208. The van der Waals surface area contributed by atoms with E-state index in [2.05, 4.69) is 22.0 Å². The van der Waals surface area contributed by atoms with Crippen molar-refractivity contribution in [2.45, 2.75) is 19.4 Å². The zero-order valence-electron chi connectivity index (χ0n) is 9.13.